The highest BCUT2D eigenvalue weighted by molar-refractivity contribution is 6.30. The summed E-state index contributed by atoms with van der Waals surface area (Å²) in [5, 5.41) is -0.0977. The lowest BCUT2D eigenvalue weighted by Crippen LogP contribution is -1.89. The third kappa shape index (κ3) is 2.84. The number of carbonyl (C=O) groups excluding carboxylic acids is 1. The molecular weight excluding hydrogens is 262 g/mol. The highest BCUT2D eigenvalue weighted by atomic mass is 35.5. The Hall–Kier alpha value is -1.94. The van der Waals surface area contributed by atoms with Crippen LogP contribution in [0, 0.1) is 11.6 Å². The van der Waals surface area contributed by atoms with Crippen LogP contribution in [0.15, 0.2) is 36.4 Å². The number of halogens is 3. The van der Waals surface area contributed by atoms with Gasteiger partial charge in [0.05, 0.1) is 5.02 Å². The van der Waals surface area contributed by atoms with Gasteiger partial charge in [0.1, 0.15) is 29.4 Å². The third-order valence-electron chi connectivity index (χ3n) is 2.16. The van der Waals surface area contributed by atoms with Crippen LogP contribution in [0.3, 0.4) is 0 Å². The largest absolute Gasteiger partial charge is 0.457 e. The van der Waals surface area contributed by atoms with Gasteiger partial charge in [0, 0.05) is 17.7 Å². The van der Waals surface area contributed by atoms with Crippen LogP contribution in [0.5, 0.6) is 11.5 Å². The van der Waals surface area contributed by atoms with Crippen LogP contribution in [-0.2, 0) is 0 Å². The fourth-order valence-corrected chi connectivity index (χ4v) is 1.56. The summed E-state index contributed by atoms with van der Waals surface area (Å²) in [7, 11) is 0. The van der Waals surface area contributed by atoms with Crippen molar-refractivity contribution in [3.63, 3.8) is 0 Å². The van der Waals surface area contributed by atoms with E-state index in [1.165, 1.54) is 18.2 Å². The third-order valence-corrected chi connectivity index (χ3v) is 2.45. The van der Waals surface area contributed by atoms with Gasteiger partial charge in [-0.3, -0.25) is 4.79 Å². The molecule has 0 heterocycles. The van der Waals surface area contributed by atoms with E-state index in [1.54, 1.807) is 0 Å². The maximum Gasteiger partial charge on any atom is 0.150 e. The van der Waals surface area contributed by atoms with Gasteiger partial charge in [0.25, 0.3) is 0 Å². The number of carbonyl (C=O) groups is 1. The Morgan fingerprint density at radius 2 is 1.83 bits per heavy atom. The fourth-order valence-electron chi connectivity index (χ4n) is 1.39. The highest BCUT2D eigenvalue weighted by Crippen LogP contribution is 2.27. The normalized spacial score (nSPS) is 10.2. The lowest BCUT2D eigenvalue weighted by molar-refractivity contribution is 0.112. The predicted octanol–water partition coefficient (Wildman–Crippen LogP) is 4.22. The van der Waals surface area contributed by atoms with Gasteiger partial charge < -0.3 is 4.74 Å². The van der Waals surface area contributed by atoms with E-state index in [0.717, 1.165) is 18.2 Å². The molecule has 0 saturated carbocycles. The molecule has 92 valence electrons. The Balaban J connectivity index is 2.30. The predicted molar refractivity (Wildman–Crippen MR) is 63.3 cm³/mol. The monoisotopic (exact) mass is 268 g/mol. The van der Waals surface area contributed by atoms with E-state index in [-0.39, 0.29) is 22.1 Å². The van der Waals surface area contributed by atoms with Crippen LogP contribution in [0.4, 0.5) is 8.78 Å². The van der Waals surface area contributed by atoms with Crippen molar-refractivity contribution in [1.29, 1.82) is 0 Å². The lowest BCUT2D eigenvalue weighted by Gasteiger charge is -2.07. The molecule has 18 heavy (non-hydrogen) atoms. The molecule has 5 heteroatoms. The van der Waals surface area contributed by atoms with E-state index < -0.39 is 11.6 Å². The van der Waals surface area contributed by atoms with Crippen LogP contribution in [0.1, 0.15) is 10.4 Å². The molecule has 0 radical (unpaired) electrons. The second-order valence-electron chi connectivity index (χ2n) is 3.52. The van der Waals surface area contributed by atoms with Crippen molar-refractivity contribution in [2.24, 2.45) is 0 Å². The number of ether oxygens (including phenoxy) is 1. The maximum atomic E-state index is 13.1. The average Bonchev–Trinajstić information content (AvgIpc) is 2.33. The number of aldehydes is 1. The van der Waals surface area contributed by atoms with Gasteiger partial charge in [0.2, 0.25) is 0 Å². The first-order valence-corrected chi connectivity index (χ1v) is 5.35. The van der Waals surface area contributed by atoms with Gasteiger partial charge in [-0.1, -0.05) is 11.6 Å². The summed E-state index contributed by atoms with van der Waals surface area (Å²) in [4.78, 5) is 10.6. The second kappa shape index (κ2) is 5.14. The Morgan fingerprint density at radius 1 is 1.06 bits per heavy atom. The zero-order valence-electron chi connectivity index (χ0n) is 8.99. The Kier molecular flexibility index (Phi) is 3.58. The van der Waals surface area contributed by atoms with Crippen molar-refractivity contribution in [3.8, 4) is 11.5 Å². The molecule has 2 aromatic carbocycles. The molecule has 0 aromatic heterocycles. The summed E-state index contributed by atoms with van der Waals surface area (Å²) in [6.07, 6.45) is 0.508. The molecule has 0 N–H and O–H groups in total. The smallest absolute Gasteiger partial charge is 0.150 e. The molecule has 0 amide bonds. The minimum Gasteiger partial charge on any atom is -0.457 e. The zero-order valence-corrected chi connectivity index (χ0v) is 9.75. The minimum atomic E-state index is -0.595. The Labute approximate surface area is 107 Å². The van der Waals surface area contributed by atoms with Crippen LogP contribution < -0.4 is 4.74 Å². The summed E-state index contributed by atoms with van der Waals surface area (Å²) in [6.45, 7) is 0. The van der Waals surface area contributed by atoms with E-state index in [4.69, 9.17) is 16.3 Å². The lowest BCUT2D eigenvalue weighted by atomic mass is 10.2. The summed E-state index contributed by atoms with van der Waals surface area (Å²) in [6, 6.07) is 7.32. The molecule has 2 rings (SSSR count). The minimum absolute atomic E-state index is 0.0977. The fraction of sp³-hybridized carbons (Fsp3) is 0. The van der Waals surface area contributed by atoms with Gasteiger partial charge in [-0.2, -0.15) is 0 Å². The van der Waals surface area contributed by atoms with Crippen LogP contribution in [0.25, 0.3) is 0 Å². The molecule has 0 atom stereocenters. The highest BCUT2D eigenvalue weighted by Gasteiger charge is 2.05. The maximum absolute atomic E-state index is 13.1. The van der Waals surface area contributed by atoms with E-state index in [9.17, 15) is 13.6 Å². The standard InChI is InChI=1S/C13H7ClF2O2/c14-12-6-10(1-2-13(12)16)18-11-4-8(7-17)3-9(15)5-11/h1-7H. The van der Waals surface area contributed by atoms with Crippen molar-refractivity contribution in [1.82, 2.24) is 0 Å². The molecular formula is C13H7ClF2O2. The first-order chi connectivity index (χ1) is 8.58. The topological polar surface area (TPSA) is 26.3 Å². The van der Waals surface area contributed by atoms with Crippen LogP contribution in [-0.4, -0.2) is 6.29 Å². The van der Waals surface area contributed by atoms with Crippen molar-refractivity contribution < 1.29 is 18.3 Å². The van der Waals surface area contributed by atoms with Crippen molar-refractivity contribution in [2.45, 2.75) is 0 Å². The molecule has 0 fully saturated rings. The molecule has 2 nitrogen and oxygen atoms in total. The van der Waals surface area contributed by atoms with Gasteiger partial charge >= 0.3 is 0 Å². The number of hydrogen-bond acceptors (Lipinski definition) is 2. The van der Waals surface area contributed by atoms with Crippen LogP contribution in [0.2, 0.25) is 5.02 Å². The van der Waals surface area contributed by atoms with Crippen molar-refractivity contribution in [3.05, 3.63) is 58.6 Å². The molecule has 2 aromatic rings. The first-order valence-electron chi connectivity index (χ1n) is 4.97. The number of rotatable bonds is 3. The average molecular weight is 269 g/mol. The van der Waals surface area contributed by atoms with Crippen molar-refractivity contribution in [2.75, 3.05) is 0 Å². The summed E-state index contributed by atoms with van der Waals surface area (Å²) in [5.74, 6) is -0.775. The summed E-state index contributed by atoms with van der Waals surface area (Å²) in [5.41, 5.74) is 0.151. The number of benzene rings is 2. The van der Waals surface area contributed by atoms with E-state index >= 15 is 0 Å². The molecule has 0 unspecified atom stereocenters. The van der Waals surface area contributed by atoms with Gasteiger partial charge in [-0.05, 0) is 24.3 Å². The molecule has 0 aliphatic rings. The van der Waals surface area contributed by atoms with Gasteiger partial charge in [-0.25, -0.2) is 8.78 Å². The SMILES string of the molecule is O=Cc1cc(F)cc(Oc2ccc(F)c(Cl)c2)c1. The van der Waals surface area contributed by atoms with E-state index in [2.05, 4.69) is 0 Å². The summed E-state index contributed by atoms with van der Waals surface area (Å²) >= 11 is 5.58. The molecule has 0 aliphatic carbocycles. The Morgan fingerprint density at radius 3 is 2.50 bits per heavy atom. The quantitative estimate of drug-likeness (QED) is 0.779. The van der Waals surface area contributed by atoms with Crippen LogP contribution >= 0.6 is 11.6 Å². The molecule has 0 saturated heterocycles. The Bertz CT molecular complexity index is 600. The molecule has 0 bridgehead atoms. The zero-order chi connectivity index (χ0) is 13.1. The van der Waals surface area contributed by atoms with E-state index in [1.807, 2.05) is 0 Å². The summed E-state index contributed by atoms with van der Waals surface area (Å²) < 4.78 is 31.3. The van der Waals surface area contributed by atoms with Crippen molar-refractivity contribution >= 4 is 17.9 Å². The molecule has 0 spiro atoms. The number of hydrogen-bond donors (Lipinski definition) is 0. The van der Waals surface area contributed by atoms with Gasteiger partial charge in [-0.15, -0.1) is 0 Å². The molecule has 0 aliphatic heterocycles. The first kappa shape index (κ1) is 12.5. The van der Waals surface area contributed by atoms with E-state index in [0.29, 0.717) is 6.29 Å². The second-order valence-corrected chi connectivity index (χ2v) is 3.92. The van der Waals surface area contributed by atoms with Gasteiger partial charge in [0.15, 0.2) is 0 Å².